The number of ether oxygens (including phenoxy) is 1. The van der Waals surface area contributed by atoms with E-state index in [0.717, 1.165) is 17.7 Å². The Hall–Kier alpha value is -2.24. The van der Waals surface area contributed by atoms with Crippen LogP contribution < -0.4 is 10.1 Å². The van der Waals surface area contributed by atoms with Crippen molar-refractivity contribution < 1.29 is 14.3 Å². The van der Waals surface area contributed by atoms with Crippen LogP contribution in [-0.2, 0) is 11.3 Å². The molecule has 0 bridgehead atoms. The van der Waals surface area contributed by atoms with Crippen LogP contribution >= 0.6 is 0 Å². The third kappa shape index (κ3) is 4.37. The number of urea groups is 1. The molecule has 1 aromatic carbocycles. The molecule has 0 aliphatic carbocycles. The first-order valence-corrected chi connectivity index (χ1v) is 7.16. The summed E-state index contributed by atoms with van der Waals surface area (Å²) < 4.78 is 5.37. The highest BCUT2D eigenvalue weighted by Crippen LogP contribution is 2.12. The molecule has 0 saturated carbocycles. The second kappa shape index (κ2) is 7.52. The van der Waals surface area contributed by atoms with Gasteiger partial charge in [-0.15, -0.1) is 0 Å². The third-order valence-electron chi connectivity index (χ3n) is 3.43. The van der Waals surface area contributed by atoms with Gasteiger partial charge in [0.1, 0.15) is 5.75 Å². The van der Waals surface area contributed by atoms with E-state index < -0.39 is 0 Å². The Labute approximate surface area is 124 Å². The number of rotatable bonds is 5. The second-order valence-electron chi connectivity index (χ2n) is 4.86. The lowest BCUT2D eigenvalue weighted by Crippen LogP contribution is -2.51. The van der Waals surface area contributed by atoms with Gasteiger partial charge in [0.15, 0.2) is 0 Å². The number of hydrogen-bond acceptors (Lipinski definition) is 3. The van der Waals surface area contributed by atoms with Gasteiger partial charge in [-0.3, -0.25) is 4.79 Å². The zero-order chi connectivity index (χ0) is 15.1. The molecular formula is C15H21N3O3. The molecule has 1 N–H and O–H groups in total. The van der Waals surface area contributed by atoms with Crippen molar-refractivity contribution in [3.05, 3.63) is 29.8 Å². The Morgan fingerprint density at radius 1 is 1.24 bits per heavy atom. The highest BCUT2D eigenvalue weighted by molar-refractivity contribution is 5.74. The number of carbonyl (C=O) groups is 2. The standard InChI is InChI=1S/C15H21N3O3/c1-2-21-14-5-3-13(4-6-14)11-16-15(20)18-9-7-17(12-19)8-10-18/h3-6,12H,2,7-11H2,1H3,(H,16,20). The molecule has 6 nitrogen and oxygen atoms in total. The fourth-order valence-electron chi connectivity index (χ4n) is 2.19. The molecule has 114 valence electrons. The molecule has 2 rings (SSSR count). The van der Waals surface area contributed by atoms with Gasteiger partial charge in [0, 0.05) is 32.7 Å². The molecule has 1 fully saturated rings. The van der Waals surface area contributed by atoms with Crippen LogP contribution in [-0.4, -0.2) is 55.0 Å². The van der Waals surface area contributed by atoms with Gasteiger partial charge in [0.25, 0.3) is 0 Å². The van der Waals surface area contributed by atoms with Crippen LogP contribution in [0.2, 0.25) is 0 Å². The number of benzene rings is 1. The Morgan fingerprint density at radius 3 is 2.48 bits per heavy atom. The van der Waals surface area contributed by atoms with Crippen molar-refractivity contribution in [2.75, 3.05) is 32.8 Å². The molecule has 0 aromatic heterocycles. The second-order valence-corrected chi connectivity index (χ2v) is 4.86. The minimum atomic E-state index is -0.0885. The fourth-order valence-corrected chi connectivity index (χ4v) is 2.19. The maximum Gasteiger partial charge on any atom is 0.317 e. The van der Waals surface area contributed by atoms with E-state index in [4.69, 9.17) is 4.74 Å². The van der Waals surface area contributed by atoms with E-state index in [0.29, 0.717) is 39.3 Å². The molecule has 1 aliphatic rings. The molecule has 0 spiro atoms. The molecule has 0 unspecified atom stereocenters. The van der Waals surface area contributed by atoms with Crippen molar-refractivity contribution in [1.82, 2.24) is 15.1 Å². The maximum absolute atomic E-state index is 12.0. The molecule has 1 aromatic rings. The first-order chi connectivity index (χ1) is 10.2. The number of nitrogens with zero attached hydrogens (tertiary/aromatic N) is 2. The third-order valence-corrected chi connectivity index (χ3v) is 3.43. The Kier molecular flexibility index (Phi) is 5.43. The van der Waals surface area contributed by atoms with Gasteiger partial charge in [-0.1, -0.05) is 12.1 Å². The number of hydrogen-bond donors (Lipinski definition) is 1. The molecule has 3 amide bonds. The highest BCUT2D eigenvalue weighted by Gasteiger charge is 2.19. The first kappa shape index (κ1) is 15.2. The van der Waals surface area contributed by atoms with Crippen LogP contribution in [0, 0.1) is 0 Å². The monoisotopic (exact) mass is 291 g/mol. The summed E-state index contributed by atoms with van der Waals surface area (Å²) in [6.07, 6.45) is 0.829. The number of carbonyl (C=O) groups excluding carboxylic acids is 2. The number of amides is 3. The van der Waals surface area contributed by atoms with Crippen molar-refractivity contribution in [3.63, 3.8) is 0 Å². The van der Waals surface area contributed by atoms with E-state index in [1.165, 1.54) is 0 Å². The van der Waals surface area contributed by atoms with Crippen molar-refractivity contribution in [1.29, 1.82) is 0 Å². The van der Waals surface area contributed by atoms with Crippen LogP contribution in [0.25, 0.3) is 0 Å². The quantitative estimate of drug-likeness (QED) is 0.825. The molecule has 1 heterocycles. The van der Waals surface area contributed by atoms with E-state index in [2.05, 4.69) is 5.32 Å². The zero-order valence-corrected chi connectivity index (χ0v) is 12.2. The summed E-state index contributed by atoms with van der Waals surface area (Å²) in [5.74, 6) is 0.831. The van der Waals surface area contributed by atoms with E-state index in [1.54, 1.807) is 9.80 Å². The summed E-state index contributed by atoms with van der Waals surface area (Å²) in [4.78, 5) is 26.0. The molecule has 21 heavy (non-hydrogen) atoms. The van der Waals surface area contributed by atoms with Gasteiger partial charge in [-0.25, -0.2) is 4.79 Å². The summed E-state index contributed by atoms with van der Waals surface area (Å²) >= 11 is 0. The molecular weight excluding hydrogens is 270 g/mol. The van der Waals surface area contributed by atoms with Crippen molar-refractivity contribution in [3.8, 4) is 5.75 Å². The SMILES string of the molecule is CCOc1ccc(CNC(=O)N2CCN(C=O)CC2)cc1. The van der Waals surface area contributed by atoms with E-state index in [-0.39, 0.29) is 6.03 Å². The fraction of sp³-hybridized carbons (Fsp3) is 0.467. The Balaban J connectivity index is 1.77. The summed E-state index contributed by atoms with van der Waals surface area (Å²) in [5.41, 5.74) is 1.03. The van der Waals surface area contributed by atoms with Crippen LogP contribution in [0.4, 0.5) is 4.79 Å². The van der Waals surface area contributed by atoms with Gasteiger partial charge in [-0.05, 0) is 24.6 Å². The largest absolute Gasteiger partial charge is 0.494 e. The summed E-state index contributed by atoms with van der Waals surface area (Å²) in [6, 6.07) is 7.59. The Bertz CT molecular complexity index is 468. The van der Waals surface area contributed by atoms with Gasteiger partial charge in [0.2, 0.25) is 6.41 Å². The summed E-state index contributed by atoms with van der Waals surface area (Å²) in [5, 5.41) is 2.89. The molecule has 6 heteroatoms. The van der Waals surface area contributed by atoms with E-state index in [9.17, 15) is 9.59 Å². The predicted molar refractivity (Wildman–Crippen MR) is 79.1 cm³/mol. The summed E-state index contributed by atoms with van der Waals surface area (Å²) in [7, 11) is 0. The minimum Gasteiger partial charge on any atom is -0.494 e. The molecule has 1 saturated heterocycles. The molecule has 0 atom stereocenters. The van der Waals surface area contributed by atoms with Crippen molar-refractivity contribution >= 4 is 12.4 Å². The first-order valence-electron chi connectivity index (χ1n) is 7.16. The van der Waals surface area contributed by atoms with Gasteiger partial charge in [-0.2, -0.15) is 0 Å². The smallest absolute Gasteiger partial charge is 0.317 e. The maximum atomic E-state index is 12.0. The van der Waals surface area contributed by atoms with Gasteiger partial charge < -0.3 is 19.9 Å². The van der Waals surface area contributed by atoms with Gasteiger partial charge >= 0.3 is 6.03 Å². The van der Waals surface area contributed by atoms with Crippen LogP contribution in [0.5, 0.6) is 5.75 Å². The van der Waals surface area contributed by atoms with Gasteiger partial charge in [0.05, 0.1) is 6.61 Å². The zero-order valence-electron chi connectivity index (χ0n) is 12.2. The Morgan fingerprint density at radius 2 is 1.90 bits per heavy atom. The average Bonchev–Trinajstić information content (AvgIpc) is 2.54. The van der Waals surface area contributed by atoms with Crippen molar-refractivity contribution in [2.45, 2.75) is 13.5 Å². The lowest BCUT2D eigenvalue weighted by Gasteiger charge is -2.32. The molecule has 0 radical (unpaired) electrons. The normalized spacial score (nSPS) is 14.7. The van der Waals surface area contributed by atoms with E-state index >= 15 is 0 Å². The van der Waals surface area contributed by atoms with E-state index in [1.807, 2.05) is 31.2 Å². The van der Waals surface area contributed by atoms with Crippen molar-refractivity contribution in [2.24, 2.45) is 0 Å². The number of piperazine rings is 1. The van der Waals surface area contributed by atoms with Crippen LogP contribution in [0.3, 0.4) is 0 Å². The average molecular weight is 291 g/mol. The molecule has 1 aliphatic heterocycles. The lowest BCUT2D eigenvalue weighted by molar-refractivity contribution is -0.119. The number of nitrogens with one attached hydrogen (secondary N) is 1. The topological polar surface area (TPSA) is 61.9 Å². The highest BCUT2D eigenvalue weighted by atomic mass is 16.5. The van der Waals surface area contributed by atoms with Crippen LogP contribution in [0.15, 0.2) is 24.3 Å². The summed E-state index contributed by atoms with van der Waals surface area (Å²) in [6.45, 7) is 5.42. The predicted octanol–water partition coefficient (Wildman–Crippen LogP) is 1.07. The minimum absolute atomic E-state index is 0.0885. The van der Waals surface area contributed by atoms with Crippen LogP contribution in [0.1, 0.15) is 12.5 Å². The lowest BCUT2D eigenvalue weighted by atomic mass is 10.2.